The number of halogens is 1. The highest BCUT2D eigenvalue weighted by Gasteiger charge is 2.08. The van der Waals surface area contributed by atoms with Crippen molar-refractivity contribution >= 4 is 12.2 Å². The summed E-state index contributed by atoms with van der Waals surface area (Å²) in [6.45, 7) is 1.77. The van der Waals surface area contributed by atoms with Crippen molar-refractivity contribution in [2.24, 2.45) is 0 Å². The number of aromatic nitrogens is 3. The average molecular weight is 225 g/mol. The molecule has 1 aromatic heterocycles. The summed E-state index contributed by atoms with van der Waals surface area (Å²) < 4.78 is 14.8. The molecule has 78 valence electrons. The molecule has 0 atom stereocenters. The normalized spacial score (nSPS) is 10.5. The van der Waals surface area contributed by atoms with Gasteiger partial charge in [-0.05, 0) is 36.8 Å². The Kier molecular flexibility index (Phi) is 2.28. The van der Waals surface area contributed by atoms with Crippen molar-refractivity contribution in [2.45, 2.75) is 6.92 Å². The molecule has 0 bridgehead atoms. The Hall–Kier alpha value is -1.69. The SMILES string of the molecule is Cc1ccc(-n2c(=O)[nH][nH]c2=S)c(F)c1. The third kappa shape index (κ3) is 1.63. The van der Waals surface area contributed by atoms with Gasteiger partial charge in [0, 0.05) is 0 Å². The summed E-state index contributed by atoms with van der Waals surface area (Å²) in [7, 11) is 0. The van der Waals surface area contributed by atoms with Crippen LogP contribution in [-0.4, -0.2) is 14.8 Å². The van der Waals surface area contributed by atoms with Crippen LogP contribution in [-0.2, 0) is 0 Å². The van der Waals surface area contributed by atoms with Crippen molar-refractivity contribution in [3.05, 3.63) is 44.8 Å². The van der Waals surface area contributed by atoms with Gasteiger partial charge in [-0.1, -0.05) is 6.07 Å². The lowest BCUT2D eigenvalue weighted by Crippen LogP contribution is -2.16. The Balaban J connectivity index is 2.75. The zero-order valence-electron chi connectivity index (χ0n) is 7.87. The minimum absolute atomic E-state index is 0.141. The van der Waals surface area contributed by atoms with Crippen LogP contribution in [0.4, 0.5) is 4.39 Å². The highest BCUT2D eigenvalue weighted by molar-refractivity contribution is 7.71. The Morgan fingerprint density at radius 2 is 2.13 bits per heavy atom. The van der Waals surface area contributed by atoms with Crippen molar-refractivity contribution < 1.29 is 4.39 Å². The fourth-order valence-corrected chi connectivity index (χ4v) is 1.56. The van der Waals surface area contributed by atoms with Crippen molar-refractivity contribution in [2.75, 3.05) is 0 Å². The molecule has 0 aliphatic heterocycles. The van der Waals surface area contributed by atoms with E-state index in [1.54, 1.807) is 13.0 Å². The largest absolute Gasteiger partial charge is 0.347 e. The topological polar surface area (TPSA) is 53.6 Å². The second kappa shape index (κ2) is 3.47. The van der Waals surface area contributed by atoms with Gasteiger partial charge in [0.05, 0.1) is 5.69 Å². The fourth-order valence-electron chi connectivity index (χ4n) is 1.32. The molecule has 0 fully saturated rings. The summed E-state index contributed by atoms with van der Waals surface area (Å²) in [5.74, 6) is -0.476. The first-order chi connectivity index (χ1) is 7.09. The first kappa shape index (κ1) is 9.85. The molecule has 2 rings (SSSR count). The van der Waals surface area contributed by atoms with Gasteiger partial charge in [-0.3, -0.25) is 5.10 Å². The zero-order valence-corrected chi connectivity index (χ0v) is 8.69. The van der Waals surface area contributed by atoms with E-state index in [-0.39, 0.29) is 10.5 Å². The Morgan fingerprint density at radius 3 is 2.67 bits per heavy atom. The van der Waals surface area contributed by atoms with Crippen LogP contribution in [0.5, 0.6) is 0 Å². The second-order valence-electron chi connectivity index (χ2n) is 3.15. The third-order valence-electron chi connectivity index (χ3n) is 2.03. The molecule has 0 saturated carbocycles. The molecule has 0 amide bonds. The van der Waals surface area contributed by atoms with Gasteiger partial charge in [0.2, 0.25) is 4.77 Å². The number of nitrogens with zero attached hydrogens (tertiary/aromatic N) is 1. The van der Waals surface area contributed by atoms with E-state index >= 15 is 0 Å². The molecule has 6 heteroatoms. The van der Waals surface area contributed by atoms with Crippen molar-refractivity contribution in [1.29, 1.82) is 0 Å². The second-order valence-corrected chi connectivity index (χ2v) is 3.54. The van der Waals surface area contributed by atoms with E-state index in [4.69, 9.17) is 12.2 Å². The van der Waals surface area contributed by atoms with E-state index in [1.807, 2.05) is 0 Å². The van der Waals surface area contributed by atoms with Crippen LogP contribution in [0.1, 0.15) is 5.56 Å². The van der Waals surface area contributed by atoms with Crippen LogP contribution >= 0.6 is 12.2 Å². The molecular weight excluding hydrogens is 217 g/mol. The van der Waals surface area contributed by atoms with Gasteiger partial charge in [0.1, 0.15) is 5.82 Å². The molecule has 0 aliphatic rings. The van der Waals surface area contributed by atoms with E-state index in [1.165, 1.54) is 12.1 Å². The Bertz CT molecular complexity index is 583. The van der Waals surface area contributed by atoms with E-state index in [0.29, 0.717) is 0 Å². The molecule has 0 unspecified atom stereocenters. The predicted octanol–water partition coefficient (Wildman–Crippen LogP) is 1.67. The first-order valence-corrected chi connectivity index (χ1v) is 4.66. The lowest BCUT2D eigenvalue weighted by molar-refractivity contribution is 0.614. The van der Waals surface area contributed by atoms with Gasteiger partial charge < -0.3 is 0 Å². The summed E-state index contributed by atoms with van der Waals surface area (Å²) in [4.78, 5) is 11.3. The van der Waals surface area contributed by atoms with Crippen molar-refractivity contribution in [1.82, 2.24) is 14.8 Å². The monoisotopic (exact) mass is 225 g/mol. The van der Waals surface area contributed by atoms with Crippen LogP contribution in [0.15, 0.2) is 23.0 Å². The maximum absolute atomic E-state index is 13.5. The predicted molar refractivity (Wildman–Crippen MR) is 56.3 cm³/mol. The summed E-state index contributed by atoms with van der Waals surface area (Å²) in [5.41, 5.74) is 0.450. The van der Waals surface area contributed by atoms with Gasteiger partial charge in [0.25, 0.3) is 0 Å². The van der Waals surface area contributed by atoms with Gasteiger partial charge >= 0.3 is 5.69 Å². The lowest BCUT2D eigenvalue weighted by atomic mass is 10.2. The minimum atomic E-state index is -0.484. The standard InChI is InChI=1S/C9H8FN3OS/c1-5-2-3-7(6(10)4-5)13-8(14)11-12-9(13)15/h2-4H,1H3,(H,11,14)(H,12,15). The Morgan fingerprint density at radius 1 is 1.40 bits per heavy atom. The highest BCUT2D eigenvalue weighted by Crippen LogP contribution is 2.12. The van der Waals surface area contributed by atoms with E-state index < -0.39 is 11.5 Å². The molecule has 1 heterocycles. The molecule has 4 nitrogen and oxygen atoms in total. The minimum Gasteiger partial charge on any atom is -0.272 e. The fraction of sp³-hybridized carbons (Fsp3) is 0.111. The van der Waals surface area contributed by atoms with Crippen molar-refractivity contribution in [3.63, 3.8) is 0 Å². The number of hydrogen-bond donors (Lipinski definition) is 2. The summed E-state index contributed by atoms with van der Waals surface area (Å²) in [6.07, 6.45) is 0. The molecule has 0 saturated heterocycles. The number of benzene rings is 1. The molecule has 0 spiro atoms. The molecule has 2 N–H and O–H groups in total. The van der Waals surface area contributed by atoms with Crippen molar-refractivity contribution in [3.8, 4) is 5.69 Å². The summed E-state index contributed by atoms with van der Waals surface area (Å²) >= 11 is 4.86. The lowest BCUT2D eigenvalue weighted by Gasteiger charge is -2.02. The first-order valence-electron chi connectivity index (χ1n) is 4.26. The average Bonchev–Trinajstić information content (AvgIpc) is 2.48. The van der Waals surface area contributed by atoms with E-state index in [0.717, 1.165) is 10.1 Å². The summed E-state index contributed by atoms with van der Waals surface area (Å²) in [5, 5.41) is 4.74. The van der Waals surface area contributed by atoms with Gasteiger partial charge in [-0.15, -0.1) is 0 Å². The number of rotatable bonds is 1. The number of aromatic amines is 2. The Labute approximate surface area is 89.4 Å². The third-order valence-corrected chi connectivity index (χ3v) is 2.31. The number of hydrogen-bond acceptors (Lipinski definition) is 2. The molecule has 0 aliphatic carbocycles. The molecule has 0 radical (unpaired) electrons. The number of H-pyrrole nitrogens is 2. The summed E-state index contributed by atoms with van der Waals surface area (Å²) in [6, 6.07) is 4.58. The van der Waals surface area contributed by atoms with Crippen LogP contribution in [0.2, 0.25) is 0 Å². The molecule has 2 aromatic rings. The van der Waals surface area contributed by atoms with E-state index in [2.05, 4.69) is 10.2 Å². The van der Waals surface area contributed by atoms with E-state index in [9.17, 15) is 9.18 Å². The van der Waals surface area contributed by atoms with Gasteiger partial charge in [-0.25, -0.2) is 18.9 Å². The van der Waals surface area contributed by atoms with Crippen LogP contribution in [0.3, 0.4) is 0 Å². The molecule has 15 heavy (non-hydrogen) atoms. The maximum Gasteiger partial charge on any atom is 0.347 e. The molecular formula is C9H8FN3OS. The van der Waals surface area contributed by atoms with Crippen LogP contribution in [0.25, 0.3) is 5.69 Å². The van der Waals surface area contributed by atoms with Crippen LogP contribution in [0, 0.1) is 17.5 Å². The maximum atomic E-state index is 13.5. The number of aryl methyl sites for hydroxylation is 1. The smallest absolute Gasteiger partial charge is 0.272 e. The zero-order chi connectivity index (χ0) is 11.0. The van der Waals surface area contributed by atoms with Gasteiger partial charge in [-0.2, -0.15) is 0 Å². The van der Waals surface area contributed by atoms with Gasteiger partial charge in [0.15, 0.2) is 0 Å². The number of nitrogens with one attached hydrogen (secondary N) is 2. The highest BCUT2D eigenvalue weighted by atomic mass is 32.1. The quantitative estimate of drug-likeness (QED) is 0.725. The molecule has 1 aromatic carbocycles. The van der Waals surface area contributed by atoms with Crippen LogP contribution < -0.4 is 5.69 Å².